The Bertz CT molecular complexity index is 1300. The quantitative estimate of drug-likeness (QED) is 0.409. The summed E-state index contributed by atoms with van der Waals surface area (Å²) in [5, 5.41) is 9.28. The molecule has 41 heavy (non-hydrogen) atoms. The molecule has 2 aliphatic heterocycles. The molecular formula is C29H30F6N2O4. The number of hydrogen-bond acceptors (Lipinski definition) is 4. The van der Waals surface area contributed by atoms with Crippen LogP contribution in [0.4, 0.5) is 26.3 Å². The van der Waals surface area contributed by atoms with Crippen molar-refractivity contribution in [2.75, 3.05) is 19.8 Å². The summed E-state index contributed by atoms with van der Waals surface area (Å²) >= 11 is 0. The second-order valence-electron chi connectivity index (χ2n) is 11.3. The van der Waals surface area contributed by atoms with Gasteiger partial charge in [0.2, 0.25) is 5.91 Å². The number of nitrogens with zero attached hydrogens (tertiary/aromatic N) is 2. The van der Waals surface area contributed by atoms with E-state index in [1.54, 1.807) is 12.1 Å². The summed E-state index contributed by atoms with van der Waals surface area (Å²) in [4.78, 5) is 28.2. The third-order valence-electron chi connectivity index (χ3n) is 8.64. The molecule has 2 aromatic rings. The Morgan fingerprint density at radius 2 is 1.73 bits per heavy atom. The lowest BCUT2D eigenvalue weighted by molar-refractivity contribution is -0.177. The van der Waals surface area contributed by atoms with Gasteiger partial charge in [0, 0.05) is 11.6 Å². The lowest BCUT2D eigenvalue weighted by Gasteiger charge is -2.39. The van der Waals surface area contributed by atoms with E-state index < -0.39 is 41.6 Å². The number of ether oxygens (including phenoxy) is 1. The minimum absolute atomic E-state index is 0.00351. The molecule has 3 aliphatic rings. The lowest BCUT2D eigenvalue weighted by Crippen LogP contribution is -2.48. The second kappa shape index (κ2) is 10.8. The largest absolute Gasteiger partial charge is 0.478 e. The molecule has 0 aromatic heterocycles. The van der Waals surface area contributed by atoms with Gasteiger partial charge in [0.05, 0.1) is 29.5 Å². The maximum Gasteiger partial charge on any atom is 0.416 e. The molecule has 1 saturated heterocycles. The number of alkyl halides is 6. The number of hydrogen-bond donors (Lipinski definition) is 1. The molecule has 0 radical (unpaired) electrons. The molecule has 2 aromatic carbocycles. The Balaban J connectivity index is 1.29. The molecule has 222 valence electrons. The van der Waals surface area contributed by atoms with Crippen molar-refractivity contribution in [3.63, 3.8) is 0 Å². The number of piperidine rings is 1. The molecule has 6 nitrogen and oxygen atoms in total. The van der Waals surface area contributed by atoms with Crippen molar-refractivity contribution >= 4 is 11.9 Å². The van der Waals surface area contributed by atoms with E-state index in [1.807, 2.05) is 6.07 Å². The van der Waals surface area contributed by atoms with Gasteiger partial charge >= 0.3 is 18.3 Å². The number of fused-ring (bicyclic) bond motifs is 1. The summed E-state index contributed by atoms with van der Waals surface area (Å²) < 4.78 is 86.6. The van der Waals surface area contributed by atoms with Crippen LogP contribution in [0.15, 0.2) is 42.5 Å². The van der Waals surface area contributed by atoms with Gasteiger partial charge in [-0.3, -0.25) is 4.79 Å². The van der Waals surface area contributed by atoms with Crippen LogP contribution in [-0.4, -0.2) is 58.8 Å². The van der Waals surface area contributed by atoms with E-state index in [0.717, 1.165) is 22.6 Å². The maximum absolute atomic E-state index is 13.8. The fourth-order valence-corrected chi connectivity index (χ4v) is 6.63. The monoisotopic (exact) mass is 584 g/mol. The lowest BCUT2D eigenvalue weighted by atomic mass is 9.80. The summed E-state index contributed by atoms with van der Waals surface area (Å²) in [5.74, 6) is -1.46. The molecule has 1 unspecified atom stereocenters. The van der Waals surface area contributed by atoms with Crippen molar-refractivity contribution in [3.8, 4) is 5.75 Å². The average Bonchev–Trinajstić information content (AvgIpc) is 3.35. The zero-order valence-electron chi connectivity index (χ0n) is 22.1. The number of likely N-dealkylation sites (tertiary alicyclic amines) is 1. The maximum atomic E-state index is 13.8. The standard InChI is InChI=1S/C29H30F6N2O4/c30-28(31,32)16-27(26(40)37-15-21-13-22(29(33,34)35)4-5-24(21)41-17-37)9-6-23(14-27)36-10-7-18(8-11-36)19-2-1-3-20(12-19)25(38)39/h1-5,12-13,18,23H,6-11,14-17H2,(H,38,39)/t23-,27?/m1/s1. The number of halogens is 6. The third-order valence-corrected chi connectivity index (χ3v) is 8.64. The van der Waals surface area contributed by atoms with Crippen LogP contribution in [0.25, 0.3) is 0 Å². The van der Waals surface area contributed by atoms with Gasteiger partial charge in [-0.25, -0.2) is 4.79 Å². The van der Waals surface area contributed by atoms with Crippen LogP contribution in [0.1, 0.15) is 71.5 Å². The molecule has 1 amide bonds. The highest BCUT2D eigenvalue weighted by atomic mass is 19.4. The normalized spacial score (nSPS) is 24.1. The molecule has 12 heteroatoms. The molecule has 2 heterocycles. The average molecular weight is 585 g/mol. The summed E-state index contributed by atoms with van der Waals surface area (Å²) in [6.45, 7) is 0.609. The number of carbonyl (C=O) groups excluding carboxylic acids is 1. The number of carboxylic acids is 1. The number of rotatable bonds is 5. The predicted molar refractivity (Wildman–Crippen MR) is 135 cm³/mol. The fourth-order valence-electron chi connectivity index (χ4n) is 6.63. The number of amides is 1. The van der Waals surface area contributed by atoms with Crippen molar-refractivity contribution in [1.82, 2.24) is 9.80 Å². The Hall–Kier alpha value is -3.28. The van der Waals surface area contributed by atoms with Gasteiger partial charge in [0.25, 0.3) is 0 Å². The summed E-state index contributed by atoms with van der Waals surface area (Å²) in [5.41, 5.74) is -1.42. The molecule has 1 aliphatic carbocycles. The molecule has 1 N–H and O–H groups in total. The summed E-state index contributed by atoms with van der Waals surface area (Å²) in [6, 6.07) is 9.42. The van der Waals surface area contributed by atoms with Crippen LogP contribution < -0.4 is 4.74 Å². The minimum atomic E-state index is -4.61. The van der Waals surface area contributed by atoms with Crippen molar-refractivity contribution in [2.24, 2.45) is 5.41 Å². The van der Waals surface area contributed by atoms with Gasteiger partial charge in [-0.15, -0.1) is 0 Å². The van der Waals surface area contributed by atoms with Crippen molar-refractivity contribution < 1.29 is 45.8 Å². The minimum Gasteiger partial charge on any atom is -0.478 e. The van der Waals surface area contributed by atoms with Gasteiger partial charge in [0.15, 0.2) is 6.73 Å². The van der Waals surface area contributed by atoms with E-state index in [4.69, 9.17) is 4.74 Å². The van der Waals surface area contributed by atoms with E-state index in [0.29, 0.717) is 32.4 Å². The van der Waals surface area contributed by atoms with Crippen LogP contribution in [-0.2, 0) is 17.5 Å². The first-order valence-electron chi connectivity index (χ1n) is 13.5. The second-order valence-corrected chi connectivity index (χ2v) is 11.3. The third kappa shape index (κ3) is 6.32. The molecule has 0 bridgehead atoms. The van der Waals surface area contributed by atoms with Gasteiger partial charge < -0.3 is 19.6 Å². The smallest absolute Gasteiger partial charge is 0.416 e. The van der Waals surface area contributed by atoms with Crippen molar-refractivity contribution in [3.05, 3.63) is 64.7 Å². The fraction of sp³-hybridized carbons (Fsp3) is 0.517. The van der Waals surface area contributed by atoms with Crippen LogP contribution in [0, 0.1) is 5.41 Å². The van der Waals surface area contributed by atoms with Crippen LogP contribution in [0.2, 0.25) is 0 Å². The summed E-state index contributed by atoms with van der Waals surface area (Å²) in [6.07, 6.45) is -8.70. The highest BCUT2D eigenvalue weighted by molar-refractivity contribution is 5.87. The van der Waals surface area contributed by atoms with Crippen LogP contribution in [0.5, 0.6) is 5.75 Å². The Morgan fingerprint density at radius 3 is 2.39 bits per heavy atom. The zero-order chi connectivity index (χ0) is 29.6. The van der Waals surface area contributed by atoms with E-state index >= 15 is 0 Å². The molecule has 0 spiro atoms. The highest BCUT2D eigenvalue weighted by Gasteiger charge is 2.54. The Labute approximate surface area is 232 Å². The number of carbonyl (C=O) groups is 2. The Kier molecular flexibility index (Phi) is 7.73. The Morgan fingerprint density at radius 1 is 1.00 bits per heavy atom. The first kappa shape index (κ1) is 29.2. The molecule has 2 atom stereocenters. The highest BCUT2D eigenvalue weighted by Crippen LogP contribution is 2.50. The van der Waals surface area contributed by atoms with Crippen LogP contribution in [0.3, 0.4) is 0 Å². The van der Waals surface area contributed by atoms with E-state index in [1.165, 1.54) is 12.1 Å². The number of benzene rings is 2. The van der Waals surface area contributed by atoms with Crippen molar-refractivity contribution in [1.29, 1.82) is 0 Å². The number of carboxylic acid groups (broad SMARTS) is 1. The molecule has 2 fully saturated rings. The first-order chi connectivity index (χ1) is 19.2. The molecule has 5 rings (SSSR count). The van der Waals surface area contributed by atoms with E-state index in [9.17, 15) is 41.0 Å². The predicted octanol–water partition coefficient (Wildman–Crippen LogP) is 6.45. The summed E-state index contributed by atoms with van der Waals surface area (Å²) in [7, 11) is 0. The topological polar surface area (TPSA) is 70.1 Å². The molecule has 1 saturated carbocycles. The van der Waals surface area contributed by atoms with Gasteiger partial charge in [-0.05, 0) is 87.0 Å². The molecular weight excluding hydrogens is 554 g/mol. The van der Waals surface area contributed by atoms with Crippen LogP contribution >= 0.6 is 0 Å². The SMILES string of the molecule is O=C(O)c1cccc(C2CCN([C@@H]3CCC(CC(F)(F)F)(C(=O)N4COc5ccc(C(F)(F)F)cc5C4)C3)CC2)c1. The first-order valence-corrected chi connectivity index (χ1v) is 13.5. The number of aromatic carboxylic acids is 1. The van der Waals surface area contributed by atoms with E-state index in [-0.39, 0.29) is 55.0 Å². The van der Waals surface area contributed by atoms with Gasteiger partial charge in [-0.1, -0.05) is 12.1 Å². The van der Waals surface area contributed by atoms with E-state index in [2.05, 4.69) is 4.90 Å². The zero-order valence-corrected chi connectivity index (χ0v) is 22.1. The van der Waals surface area contributed by atoms with Crippen molar-refractivity contribution in [2.45, 2.75) is 69.4 Å². The van der Waals surface area contributed by atoms with Gasteiger partial charge in [-0.2, -0.15) is 26.3 Å². The van der Waals surface area contributed by atoms with Gasteiger partial charge in [0.1, 0.15) is 5.75 Å².